The molecular weight excluding hydrogens is 323 g/mol. The molecule has 5 nitrogen and oxygen atoms in total. The molecule has 2 fully saturated rings. The van der Waals surface area contributed by atoms with Gasteiger partial charge in [0.25, 0.3) is 0 Å². The van der Waals surface area contributed by atoms with Crippen LogP contribution >= 0.6 is 24.8 Å². The van der Waals surface area contributed by atoms with Gasteiger partial charge in [-0.2, -0.15) is 0 Å². The molecule has 22 heavy (non-hydrogen) atoms. The Balaban J connectivity index is 0.00000121. The average Bonchev–Trinajstić information content (AvgIpc) is 2.56. The minimum atomic E-state index is 0. The van der Waals surface area contributed by atoms with Crippen LogP contribution in [0.1, 0.15) is 19.3 Å². The van der Waals surface area contributed by atoms with Crippen molar-refractivity contribution in [1.82, 2.24) is 15.2 Å². The molecule has 0 radical (unpaired) electrons. The molecule has 0 unspecified atom stereocenters. The highest BCUT2D eigenvalue weighted by Gasteiger charge is 2.28. The number of carbonyl (C=O) groups is 1. The number of piperazine rings is 1. The van der Waals surface area contributed by atoms with Crippen LogP contribution in [-0.4, -0.2) is 54.6 Å². The van der Waals surface area contributed by atoms with Crippen molar-refractivity contribution in [1.29, 1.82) is 0 Å². The van der Waals surface area contributed by atoms with Gasteiger partial charge in [-0.1, -0.05) is 12.5 Å². The van der Waals surface area contributed by atoms with Crippen molar-refractivity contribution < 1.29 is 4.79 Å². The topological polar surface area (TPSA) is 48.5 Å². The lowest BCUT2D eigenvalue weighted by Crippen LogP contribution is -2.55. The zero-order chi connectivity index (χ0) is 13.8. The van der Waals surface area contributed by atoms with E-state index in [1.54, 1.807) is 0 Å². The van der Waals surface area contributed by atoms with Crippen LogP contribution in [0.5, 0.6) is 0 Å². The minimum absolute atomic E-state index is 0. The van der Waals surface area contributed by atoms with Crippen LogP contribution in [0, 0.1) is 0 Å². The van der Waals surface area contributed by atoms with Crippen molar-refractivity contribution in [2.75, 3.05) is 37.6 Å². The fraction of sp³-hybridized carbons (Fsp3) is 0.600. The molecule has 0 bridgehead atoms. The molecule has 1 atom stereocenters. The van der Waals surface area contributed by atoms with Gasteiger partial charge >= 0.3 is 0 Å². The van der Waals surface area contributed by atoms with E-state index in [9.17, 15) is 4.79 Å². The number of anilines is 1. The van der Waals surface area contributed by atoms with Crippen molar-refractivity contribution in [3.8, 4) is 0 Å². The molecule has 3 rings (SSSR count). The number of hydrogen-bond donors (Lipinski definition) is 1. The molecule has 2 aliphatic heterocycles. The quantitative estimate of drug-likeness (QED) is 0.885. The summed E-state index contributed by atoms with van der Waals surface area (Å²) in [6.45, 7) is 4.32. The van der Waals surface area contributed by atoms with Gasteiger partial charge in [0.05, 0.1) is 6.04 Å². The van der Waals surface area contributed by atoms with Crippen molar-refractivity contribution in [3.05, 3.63) is 24.4 Å². The molecule has 124 valence electrons. The maximum atomic E-state index is 12.4. The van der Waals surface area contributed by atoms with Crippen LogP contribution in [0.15, 0.2) is 24.4 Å². The fourth-order valence-electron chi connectivity index (χ4n) is 2.98. The second-order valence-corrected chi connectivity index (χ2v) is 5.50. The zero-order valence-electron chi connectivity index (χ0n) is 12.6. The standard InChI is InChI=1S/C15H22N4O.2ClH/c20-15(13-5-1-3-7-16-13)19-11-9-18(10-12-19)14-6-2-4-8-17-14;;/h2,4,6,8,13,16H,1,3,5,7,9-12H2;2*1H/t13-;;/m1../s1. The highest BCUT2D eigenvalue weighted by Crippen LogP contribution is 2.15. The van der Waals surface area contributed by atoms with E-state index in [4.69, 9.17) is 0 Å². The summed E-state index contributed by atoms with van der Waals surface area (Å²) in [5.41, 5.74) is 0. The van der Waals surface area contributed by atoms with Crippen LogP contribution in [0.4, 0.5) is 5.82 Å². The molecule has 1 N–H and O–H groups in total. The van der Waals surface area contributed by atoms with Gasteiger partial charge in [0.15, 0.2) is 0 Å². The maximum Gasteiger partial charge on any atom is 0.239 e. The number of pyridine rings is 1. The van der Waals surface area contributed by atoms with E-state index in [-0.39, 0.29) is 36.8 Å². The van der Waals surface area contributed by atoms with Gasteiger partial charge in [0, 0.05) is 32.4 Å². The van der Waals surface area contributed by atoms with E-state index in [1.807, 2.05) is 29.3 Å². The van der Waals surface area contributed by atoms with E-state index >= 15 is 0 Å². The Bertz CT molecular complexity index is 446. The van der Waals surface area contributed by atoms with E-state index in [0.29, 0.717) is 0 Å². The van der Waals surface area contributed by atoms with Gasteiger partial charge in [-0.15, -0.1) is 24.8 Å². The third-order valence-corrected chi connectivity index (χ3v) is 4.17. The van der Waals surface area contributed by atoms with Gasteiger partial charge in [-0.25, -0.2) is 4.98 Å². The summed E-state index contributed by atoms with van der Waals surface area (Å²) in [5, 5.41) is 3.34. The fourth-order valence-corrected chi connectivity index (χ4v) is 2.98. The Morgan fingerprint density at radius 2 is 1.91 bits per heavy atom. The predicted molar refractivity (Wildman–Crippen MR) is 93.2 cm³/mol. The number of amides is 1. The molecule has 1 aromatic rings. The second kappa shape index (κ2) is 9.18. The summed E-state index contributed by atoms with van der Waals surface area (Å²) in [6, 6.07) is 6.01. The summed E-state index contributed by atoms with van der Waals surface area (Å²) in [7, 11) is 0. The first-order valence-electron chi connectivity index (χ1n) is 7.53. The summed E-state index contributed by atoms with van der Waals surface area (Å²) in [4.78, 5) is 21.0. The monoisotopic (exact) mass is 346 g/mol. The average molecular weight is 347 g/mol. The van der Waals surface area contributed by atoms with Crippen LogP contribution in [0.3, 0.4) is 0 Å². The summed E-state index contributed by atoms with van der Waals surface area (Å²) in [5.74, 6) is 1.29. The Labute approximate surface area is 144 Å². The van der Waals surface area contributed by atoms with Gasteiger partial charge in [0.1, 0.15) is 5.82 Å². The Morgan fingerprint density at radius 3 is 2.50 bits per heavy atom. The van der Waals surface area contributed by atoms with E-state index in [0.717, 1.165) is 51.4 Å². The summed E-state index contributed by atoms with van der Waals surface area (Å²) < 4.78 is 0. The first-order valence-corrected chi connectivity index (χ1v) is 7.53. The zero-order valence-corrected chi connectivity index (χ0v) is 14.2. The number of nitrogens with zero attached hydrogens (tertiary/aromatic N) is 3. The van der Waals surface area contributed by atoms with Gasteiger partial charge in [0.2, 0.25) is 5.91 Å². The van der Waals surface area contributed by atoms with Crippen LogP contribution in [0.2, 0.25) is 0 Å². The van der Waals surface area contributed by atoms with Crippen LogP contribution < -0.4 is 10.2 Å². The Kier molecular flexibility index (Phi) is 7.93. The normalized spacial score (nSPS) is 21.5. The molecule has 0 saturated carbocycles. The van der Waals surface area contributed by atoms with Crippen molar-refractivity contribution in [3.63, 3.8) is 0 Å². The Morgan fingerprint density at radius 1 is 1.14 bits per heavy atom. The number of rotatable bonds is 2. The van der Waals surface area contributed by atoms with Crippen molar-refractivity contribution in [2.24, 2.45) is 0 Å². The first-order chi connectivity index (χ1) is 9.84. The molecule has 2 saturated heterocycles. The smallest absolute Gasteiger partial charge is 0.239 e. The number of nitrogens with one attached hydrogen (secondary N) is 1. The molecule has 1 aromatic heterocycles. The predicted octanol–water partition coefficient (Wildman–Crippen LogP) is 1.72. The number of carbonyl (C=O) groups excluding carboxylic acids is 1. The van der Waals surface area contributed by atoms with Gasteiger partial charge in [-0.3, -0.25) is 4.79 Å². The van der Waals surface area contributed by atoms with Crippen molar-refractivity contribution >= 4 is 36.5 Å². The molecule has 3 heterocycles. The summed E-state index contributed by atoms with van der Waals surface area (Å²) >= 11 is 0. The molecule has 0 aliphatic carbocycles. The SMILES string of the molecule is Cl.Cl.O=C([C@H]1CCCCN1)N1CCN(c2ccccn2)CC1. The van der Waals surface area contributed by atoms with Crippen LogP contribution in [0.25, 0.3) is 0 Å². The number of piperidine rings is 1. The first kappa shape index (κ1) is 19.0. The van der Waals surface area contributed by atoms with E-state index in [1.165, 1.54) is 6.42 Å². The van der Waals surface area contributed by atoms with E-state index < -0.39 is 0 Å². The van der Waals surface area contributed by atoms with E-state index in [2.05, 4.69) is 15.2 Å². The lowest BCUT2D eigenvalue weighted by Gasteiger charge is -2.37. The minimum Gasteiger partial charge on any atom is -0.353 e. The third kappa shape index (κ3) is 4.48. The number of aromatic nitrogens is 1. The Hall–Kier alpha value is -1.04. The van der Waals surface area contributed by atoms with Gasteiger partial charge in [-0.05, 0) is 31.5 Å². The third-order valence-electron chi connectivity index (χ3n) is 4.17. The molecule has 1 amide bonds. The molecule has 0 spiro atoms. The lowest BCUT2D eigenvalue weighted by molar-refractivity contribution is -0.134. The van der Waals surface area contributed by atoms with Crippen molar-refractivity contribution in [2.45, 2.75) is 25.3 Å². The summed E-state index contributed by atoms with van der Waals surface area (Å²) in [6.07, 6.45) is 5.16. The molecule has 7 heteroatoms. The number of halogens is 2. The van der Waals surface area contributed by atoms with Gasteiger partial charge < -0.3 is 15.1 Å². The lowest BCUT2D eigenvalue weighted by atomic mass is 10.0. The second-order valence-electron chi connectivity index (χ2n) is 5.50. The molecule has 2 aliphatic rings. The highest BCUT2D eigenvalue weighted by atomic mass is 35.5. The largest absolute Gasteiger partial charge is 0.353 e. The maximum absolute atomic E-state index is 12.4. The van der Waals surface area contributed by atoms with Crippen LogP contribution in [-0.2, 0) is 4.79 Å². The molecular formula is C15H24Cl2N4O. The molecule has 0 aromatic carbocycles. The highest BCUT2D eigenvalue weighted by molar-refractivity contribution is 5.85. The number of hydrogen-bond acceptors (Lipinski definition) is 4.